The minimum atomic E-state index is -0.772. The third kappa shape index (κ3) is 9.92. The highest BCUT2D eigenvalue weighted by Gasteiger charge is 2.27. The van der Waals surface area contributed by atoms with Crippen molar-refractivity contribution < 1.29 is 13.9 Å². The maximum atomic E-state index is 5.42. The molecule has 0 saturated heterocycles. The van der Waals surface area contributed by atoms with Gasteiger partial charge in [0, 0.05) is 20.6 Å². The van der Waals surface area contributed by atoms with Gasteiger partial charge in [0.2, 0.25) is 0 Å². The van der Waals surface area contributed by atoms with Crippen LogP contribution >= 0.6 is 0 Å². The van der Waals surface area contributed by atoms with E-state index in [0.717, 1.165) is 12.8 Å². The number of ether oxygens (including phenoxy) is 2. The van der Waals surface area contributed by atoms with Gasteiger partial charge in [-0.2, -0.15) is 0 Å². The smallest absolute Gasteiger partial charge is 0.272 e. The molecule has 0 fully saturated rings. The van der Waals surface area contributed by atoms with Crippen molar-refractivity contribution in [2.45, 2.75) is 89.9 Å². The molecule has 20 heavy (non-hydrogen) atoms. The van der Waals surface area contributed by atoms with Crippen LogP contribution in [0.5, 0.6) is 0 Å². The fourth-order valence-corrected chi connectivity index (χ4v) is 3.10. The van der Waals surface area contributed by atoms with Gasteiger partial charge in [-0.1, -0.05) is 71.1 Å². The summed E-state index contributed by atoms with van der Waals surface area (Å²) in [6.45, 7) is 2.27. The summed E-state index contributed by atoms with van der Waals surface area (Å²) in [4.78, 5) is 0. The molecule has 0 unspecified atom stereocenters. The zero-order valence-corrected chi connectivity index (χ0v) is 16.2. The molecule has 0 aromatic carbocycles. The molecule has 0 radical (unpaired) electrons. The van der Waals surface area contributed by atoms with Crippen LogP contribution in [0, 0.1) is 0 Å². The molecule has 3 nitrogen and oxygen atoms in total. The van der Waals surface area contributed by atoms with E-state index in [-0.39, 0.29) is 0 Å². The van der Waals surface area contributed by atoms with Crippen LogP contribution in [-0.4, -0.2) is 30.7 Å². The summed E-state index contributed by atoms with van der Waals surface area (Å²) in [6, 6.07) is 0. The van der Waals surface area contributed by atoms with Gasteiger partial charge in [0.15, 0.2) is 10.5 Å². The Labute approximate surface area is 129 Å². The lowest BCUT2D eigenvalue weighted by Gasteiger charge is -2.29. The molecule has 0 aliphatic carbocycles. The first-order valence-electron chi connectivity index (χ1n) is 8.40. The van der Waals surface area contributed by atoms with Gasteiger partial charge < -0.3 is 13.9 Å². The van der Waals surface area contributed by atoms with Gasteiger partial charge >= 0.3 is 0 Å². The second-order valence-corrected chi connectivity index (χ2v) is 5.99. The quantitative estimate of drug-likeness (QED) is 0.261. The molecule has 0 N–H and O–H groups in total. The Morgan fingerprint density at radius 1 is 0.700 bits per heavy atom. The summed E-state index contributed by atoms with van der Waals surface area (Å²) in [5.74, 6) is -0.772. The number of hydrogen-bond acceptors (Lipinski definition) is 3. The van der Waals surface area contributed by atoms with E-state index < -0.39 is 5.97 Å². The topological polar surface area (TPSA) is 27.7 Å². The summed E-state index contributed by atoms with van der Waals surface area (Å²) in [5, 5.41) is 0. The molecule has 0 aliphatic rings. The van der Waals surface area contributed by atoms with Gasteiger partial charge in [0.25, 0.3) is 5.97 Å². The van der Waals surface area contributed by atoms with Crippen molar-refractivity contribution in [2.75, 3.05) is 14.2 Å². The van der Waals surface area contributed by atoms with Gasteiger partial charge in [-0.25, -0.2) is 0 Å². The third-order valence-electron chi connectivity index (χ3n) is 4.02. The highest BCUT2D eigenvalue weighted by molar-refractivity contribution is 5.98. The van der Waals surface area contributed by atoms with Gasteiger partial charge in [0.05, 0.1) is 0 Å². The number of hydrogen-bond donors (Lipinski definition) is 0. The average molecular weight is 305 g/mol. The second kappa shape index (κ2) is 14.1. The zero-order chi connectivity index (χ0) is 15.1. The van der Waals surface area contributed by atoms with E-state index in [9.17, 15) is 0 Å². The summed E-state index contributed by atoms with van der Waals surface area (Å²) in [5.41, 5.74) is 0. The molecule has 0 amide bonds. The number of methoxy groups -OCH3 is 2. The maximum absolute atomic E-state index is 5.42. The molecule has 0 aromatic heterocycles. The van der Waals surface area contributed by atoms with Crippen molar-refractivity contribution in [3.8, 4) is 0 Å². The van der Waals surface area contributed by atoms with E-state index in [1.807, 2.05) is 0 Å². The second-order valence-electron chi connectivity index (χ2n) is 5.58. The van der Waals surface area contributed by atoms with E-state index in [0.29, 0.717) is 10.5 Å². The van der Waals surface area contributed by atoms with Gasteiger partial charge in [-0.3, -0.25) is 0 Å². The van der Waals surface area contributed by atoms with E-state index in [2.05, 4.69) is 6.92 Å². The van der Waals surface area contributed by atoms with Crippen LogP contribution in [0.15, 0.2) is 0 Å². The number of rotatable bonds is 15. The van der Waals surface area contributed by atoms with Crippen LogP contribution in [0.3, 0.4) is 0 Å². The van der Waals surface area contributed by atoms with Crippen LogP contribution < -0.4 is 0 Å². The Morgan fingerprint density at radius 3 is 1.45 bits per heavy atom. The summed E-state index contributed by atoms with van der Waals surface area (Å²) in [7, 11) is 3.94. The molecule has 0 saturated carbocycles. The predicted octanol–water partition coefficient (Wildman–Crippen LogP) is 3.93. The molecular formula is C16H36O3Si. The highest BCUT2D eigenvalue weighted by Crippen LogP contribution is 2.21. The van der Waals surface area contributed by atoms with Crippen molar-refractivity contribution in [1.29, 1.82) is 0 Å². The van der Waals surface area contributed by atoms with Crippen LogP contribution in [0.1, 0.15) is 84.0 Å². The Kier molecular flexibility index (Phi) is 14.1. The molecule has 0 bridgehead atoms. The minimum Gasteiger partial charge on any atom is -0.380 e. The molecule has 4 heteroatoms. The third-order valence-corrected chi connectivity index (χ3v) is 4.64. The fourth-order valence-electron chi connectivity index (χ4n) is 2.56. The summed E-state index contributed by atoms with van der Waals surface area (Å²) >= 11 is 0. The van der Waals surface area contributed by atoms with Crippen molar-refractivity contribution >= 4 is 10.5 Å². The van der Waals surface area contributed by atoms with Crippen molar-refractivity contribution in [1.82, 2.24) is 0 Å². The van der Waals surface area contributed by atoms with Crippen LogP contribution in [0.25, 0.3) is 0 Å². The Balaban J connectivity index is 3.32. The predicted molar refractivity (Wildman–Crippen MR) is 88.9 cm³/mol. The lowest BCUT2D eigenvalue weighted by atomic mass is 10.0. The molecule has 0 rings (SSSR count). The van der Waals surface area contributed by atoms with Crippen molar-refractivity contribution in [3.63, 3.8) is 0 Å². The highest BCUT2D eigenvalue weighted by atomic mass is 28.2. The minimum absolute atomic E-state index is 0.636. The van der Waals surface area contributed by atoms with Crippen molar-refractivity contribution in [2.24, 2.45) is 0 Å². The Hall–Kier alpha value is 0.0969. The summed E-state index contributed by atoms with van der Waals surface area (Å²) in [6.07, 6.45) is 15.7. The van der Waals surface area contributed by atoms with Gasteiger partial charge in [-0.05, 0) is 6.42 Å². The zero-order valence-electron chi connectivity index (χ0n) is 14.2. The standard InChI is InChI=1S/C16H36O3Si/c1-4-5-6-7-8-9-10-11-12-13-14-15-16(17-2,18-3)19-20/h4-15H2,1-3,20H3. The normalized spacial score (nSPS) is 12.2. The first-order valence-corrected chi connectivity index (χ1v) is 9.21. The number of unbranched alkanes of at least 4 members (excludes halogenated alkanes) is 10. The maximum Gasteiger partial charge on any atom is 0.272 e. The van der Waals surface area contributed by atoms with Gasteiger partial charge in [0.1, 0.15) is 0 Å². The average Bonchev–Trinajstić information content (AvgIpc) is 2.49. The molecule has 0 heterocycles. The largest absolute Gasteiger partial charge is 0.380 e. The van der Waals surface area contributed by atoms with E-state index >= 15 is 0 Å². The lowest BCUT2D eigenvalue weighted by molar-refractivity contribution is -0.325. The fraction of sp³-hybridized carbons (Fsp3) is 1.00. The molecule has 0 aliphatic heterocycles. The SMILES string of the molecule is CCCCCCCCCCCCCC(OC)(OC)O[SiH3]. The molecular weight excluding hydrogens is 268 g/mol. The first-order chi connectivity index (χ1) is 9.74. The molecule has 0 atom stereocenters. The van der Waals surface area contributed by atoms with Crippen LogP contribution in [0.2, 0.25) is 0 Å². The molecule has 122 valence electrons. The molecule has 0 aromatic rings. The Morgan fingerprint density at radius 2 is 1.10 bits per heavy atom. The lowest BCUT2D eigenvalue weighted by Crippen LogP contribution is -2.36. The van der Waals surface area contributed by atoms with E-state index in [1.54, 1.807) is 14.2 Å². The van der Waals surface area contributed by atoms with Crippen LogP contribution in [0.4, 0.5) is 0 Å². The first kappa shape index (κ1) is 20.1. The van der Waals surface area contributed by atoms with E-state index in [4.69, 9.17) is 13.9 Å². The monoisotopic (exact) mass is 304 g/mol. The van der Waals surface area contributed by atoms with Gasteiger partial charge in [-0.15, -0.1) is 0 Å². The summed E-state index contributed by atoms with van der Waals surface area (Å²) < 4.78 is 16.1. The van der Waals surface area contributed by atoms with Crippen molar-refractivity contribution in [3.05, 3.63) is 0 Å². The Bertz CT molecular complexity index is 188. The molecule has 0 spiro atoms. The van der Waals surface area contributed by atoms with E-state index in [1.165, 1.54) is 64.2 Å². The van der Waals surface area contributed by atoms with Crippen LogP contribution in [-0.2, 0) is 13.9 Å².